The molecule has 0 aliphatic carbocycles. The van der Waals surface area contributed by atoms with Crippen molar-refractivity contribution in [2.45, 2.75) is 0 Å². The van der Waals surface area contributed by atoms with Gasteiger partial charge in [-0.05, 0) is 113 Å². The van der Waals surface area contributed by atoms with Crippen LogP contribution in [0.3, 0.4) is 0 Å². The van der Waals surface area contributed by atoms with Gasteiger partial charge in [0.05, 0.1) is 11.0 Å². The molecule has 6 nitrogen and oxygen atoms in total. The van der Waals surface area contributed by atoms with Gasteiger partial charge in [-0.25, -0.2) is 15.0 Å². The van der Waals surface area contributed by atoms with E-state index in [0.717, 1.165) is 77.4 Å². The van der Waals surface area contributed by atoms with Gasteiger partial charge in [0, 0.05) is 74.9 Å². The quantitative estimate of drug-likeness (QED) is 0.166. The van der Waals surface area contributed by atoms with Gasteiger partial charge in [-0.1, -0.05) is 127 Å². The third-order valence-corrected chi connectivity index (χ3v) is 15.0. The van der Waals surface area contributed by atoms with Gasteiger partial charge in [-0.2, -0.15) is 0 Å². The van der Waals surface area contributed by atoms with Crippen molar-refractivity contribution >= 4 is 97.2 Å². The van der Waals surface area contributed by atoms with E-state index in [-0.39, 0.29) is 0 Å². The lowest BCUT2D eigenvalue weighted by atomic mass is 9.98. The van der Waals surface area contributed by atoms with E-state index in [9.17, 15) is 0 Å². The standard InChI is InChI=1S/C63H36N4O2S/c1-3-12-37(13-4-1)61-64-62(42-25-30-55-49(35-42)45-17-8-10-20-54(45)68-55)66-63(65-61)47-18-11-21-57-60(47)51-34-39(24-29-56(51)69-57)40-26-31-58-50(33-40)46-27-22-41(36-59(46)70-58)38-23-28-53-48(32-38)44-16-7-9-19-52(44)67(53)43-14-5-2-6-15-43/h1-36H. The van der Waals surface area contributed by atoms with Crippen molar-refractivity contribution in [2.24, 2.45) is 0 Å². The molecule has 15 rings (SSSR count). The Balaban J connectivity index is 0.826. The lowest BCUT2D eigenvalue weighted by molar-refractivity contribution is 0.668. The zero-order valence-corrected chi connectivity index (χ0v) is 38.1. The molecule has 0 unspecified atom stereocenters. The first-order chi connectivity index (χ1) is 34.6. The highest BCUT2D eigenvalue weighted by Crippen LogP contribution is 2.43. The van der Waals surface area contributed by atoms with Crippen LogP contribution in [0.15, 0.2) is 227 Å². The molecule has 0 bridgehead atoms. The van der Waals surface area contributed by atoms with Crippen LogP contribution in [0.2, 0.25) is 0 Å². The Morgan fingerprint density at radius 1 is 0.314 bits per heavy atom. The van der Waals surface area contributed by atoms with Gasteiger partial charge in [0.25, 0.3) is 0 Å². The minimum absolute atomic E-state index is 0.573. The number of rotatable bonds is 6. The molecule has 0 N–H and O–H groups in total. The van der Waals surface area contributed by atoms with Crippen LogP contribution in [0.5, 0.6) is 0 Å². The maximum atomic E-state index is 6.56. The molecule has 70 heavy (non-hydrogen) atoms. The van der Waals surface area contributed by atoms with E-state index >= 15 is 0 Å². The number of hydrogen-bond acceptors (Lipinski definition) is 6. The number of fused-ring (bicyclic) bond motifs is 12. The fraction of sp³-hybridized carbons (Fsp3) is 0. The summed E-state index contributed by atoms with van der Waals surface area (Å²) in [6.45, 7) is 0. The van der Waals surface area contributed by atoms with E-state index in [4.69, 9.17) is 23.8 Å². The van der Waals surface area contributed by atoms with Crippen LogP contribution < -0.4 is 0 Å². The van der Waals surface area contributed by atoms with Crippen molar-refractivity contribution in [3.8, 4) is 62.1 Å². The molecule has 5 aromatic heterocycles. The zero-order chi connectivity index (χ0) is 45.9. The first-order valence-corrected chi connectivity index (χ1v) is 24.2. The summed E-state index contributed by atoms with van der Waals surface area (Å²) < 4.78 is 17.6. The number of hydrogen-bond donors (Lipinski definition) is 0. The summed E-state index contributed by atoms with van der Waals surface area (Å²) in [5, 5.41) is 9.04. The molecule has 7 heteroatoms. The van der Waals surface area contributed by atoms with Crippen molar-refractivity contribution in [2.75, 3.05) is 0 Å². The maximum absolute atomic E-state index is 6.56. The summed E-state index contributed by atoms with van der Waals surface area (Å²) in [7, 11) is 0. The minimum atomic E-state index is 0.573. The smallest absolute Gasteiger partial charge is 0.164 e. The Morgan fingerprint density at radius 3 is 1.74 bits per heavy atom. The predicted octanol–water partition coefficient (Wildman–Crippen LogP) is 17.5. The lowest BCUT2D eigenvalue weighted by Gasteiger charge is -2.09. The second-order valence-corrected chi connectivity index (χ2v) is 19.0. The SMILES string of the molecule is c1ccc(-c2nc(-c3ccc4oc5ccccc5c4c3)nc(-c3cccc4oc5ccc(-c6ccc7sc8cc(-c9ccc%10c(c9)c9ccccc9n%10-c9ccccc9)ccc8c7c6)cc5c34)n2)cc1. The van der Waals surface area contributed by atoms with Gasteiger partial charge in [0.2, 0.25) is 0 Å². The van der Waals surface area contributed by atoms with Gasteiger partial charge >= 0.3 is 0 Å². The monoisotopic (exact) mass is 912 g/mol. The van der Waals surface area contributed by atoms with Crippen LogP contribution in [0, 0.1) is 0 Å². The average molecular weight is 913 g/mol. The van der Waals surface area contributed by atoms with Crippen LogP contribution in [0.1, 0.15) is 0 Å². The molecule has 0 radical (unpaired) electrons. The normalized spacial score (nSPS) is 12.0. The summed E-state index contributed by atoms with van der Waals surface area (Å²) in [5.41, 5.74) is 14.1. The fourth-order valence-corrected chi connectivity index (χ4v) is 11.7. The van der Waals surface area contributed by atoms with Gasteiger partial charge in [-0.3, -0.25) is 0 Å². The number of nitrogens with zero attached hydrogens (tertiary/aromatic N) is 4. The van der Waals surface area contributed by atoms with Gasteiger partial charge < -0.3 is 13.4 Å². The van der Waals surface area contributed by atoms with E-state index in [2.05, 4.69) is 150 Å². The molecular formula is C63H36N4O2S. The Morgan fingerprint density at radius 2 is 0.886 bits per heavy atom. The number of thiophene rings is 1. The van der Waals surface area contributed by atoms with E-state index in [0.29, 0.717) is 17.5 Å². The number of furan rings is 2. The van der Waals surface area contributed by atoms with Gasteiger partial charge in [0.1, 0.15) is 22.3 Å². The Kier molecular flexibility index (Phi) is 8.43. The van der Waals surface area contributed by atoms with Crippen molar-refractivity contribution in [3.05, 3.63) is 218 Å². The highest BCUT2D eigenvalue weighted by Gasteiger charge is 2.20. The van der Waals surface area contributed by atoms with E-state index in [1.54, 1.807) is 0 Å². The van der Waals surface area contributed by atoms with Crippen molar-refractivity contribution in [1.82, 2.24) is 19.5 Å². The van der Waals surface area contributed by atoms with E-state index < -0.39 is 0 Å². The fourth-order valence-electron chi connectivity index (χ4n) is 10.5. The topological polar surface area (TPSA) is 69.9 Å². The van der Waals surface area contributed by atoms with Crippen LogP contribution in [0.4, 0.5) is 0 Å². The maximum Gasteiger partial charge on any atom is 0.164 e. The molecule has 326 valence electrons. The molecule has 0 aliphatic heterocycles. The molecule has 0 aliphatic rings. The van der Waals surface area contributed by atoms with Gasteiger partial charge in [-0.15, -0.1) is 11.3 Å². The average Bonchev–Trinajstić information content (AvgIpc) is 4.19. The Bertz CT molecular complexity index is 4600. The van der Waals surface area contributed by atoms with Crippen molar-refractivity contribution in [1.29, 1.82) is 0 Å². The number of para-hydroxylation sites is 3. The largest absolute Gasteiger partial charge is 0.456 e. The summed E-state index contributed by atoms with van der Waals surface area (Å²) >= 11 is 1.84. The highest BCUT2D eigenvalue weighted by molar-refractivity contribution is 7.25. The highest BCUT2D eigenvalue weighted by atomic mass is 32.1. The second kappa shape index (κ2) is 15.2. The third kappa shape index (κ3) is 6.08. The molecule has 5 heterocycles. The van der Waals surface area contributed by atoms with Crippen LogP contribution in [-0.4, -0.2) is 19.5 Å². The lowest BCUT2D eigenvalue weighted by Crippen LogP contribution is -2.00. The van der Waals surface area contributed by atoms with E-state index in [1.165, 1.54) is 53.1 Å². The summed E-state index contributed by atoms with van der Waals surface area (Å²) in [6, 6.07) is 77.0. The zero-order valence-electron chi connectivity index (χ0n) is 37.3. The van der Waals surface area contributed by atoms with Crippen molar-refractivity contribution < 1.29 is 8.83 Å². The van der Waals surface area contributed by atoms with Crippen LogP contribution >= 0.6 is 11.3 Å². The second-order valence-electron chi connectivity index (χ2n) is 17.9. The molecule has 0 fully saturated rings. The van der Waals surface area contributed by atoms with E-state index in [1.807, 2.05) is 84.1 Å². The number of aromatic nitrogens is 4. The summed E-state index contributed by atoms with van der Waals surface area (Å²) in [4.78, 5) is 15.4. The van der Waals surface area contributed by atoms with Crippen LogP contribution in [-0.2, 0) is 0 Å². The Hall–Kier alpha value is -9.17. The minimum Gasteiger partial charge on any atom is -0.456 e. The molecule has 0 saturated carbocycles. The van der Waals surface area contributed by atoms with Crippen molar-refractivity contribution in [3.63, 3.8) is 0 Å². The molecule has 0 spiro atoms. The Labute approximate surface area is 404 Å². The summed E-state index contributed by atoms with van der Waals surface area (Å²) in [6.07, 6.45) is 0. The van der Waals surface area contributed by atoms with Crippen LogP contribution in [0.25, 0.3) is 148 Å². The molecule has 15 aromatic rings. The first-order valence-electron chi connectivity index (χ1n) is 23.4. The molecule has 10 aromatic carbocycles. The predicted molar refractivity (Wildman–Crippen MR) is 289 cm³/mol. The number of benzene rings is 10. The summed E-state index contributed by atoms with van der Waals surface area (Å²) in [5.74, 6) is 1.75. The molecule has 0 amide bonds. The first kappa shape index (κ1) is 38.9. The molecular weight excluding hydrogens is 877 g/mol. The third-order valence-electron chi connectivity index (χ3n) is 13.9. The molecule has 0 saturated heterocycles. The molecule has 0 atom stereocenters. The van der Waals surface area contributed by atoms with Gasteiger partial charge in [0.15, 0.2) is 17.5 Å².